The Labute approximate surface area is 109 Å². The summed E-state index contributed by atoms with van der Waals surface area (Å²) in [5.74, 6) is 0.160. The summed E-state index contributed by atoms with van der Waals surface area (Å²) in [6, 6.07) is 11.2. The lowest BCUT2D eigenvalue weighted by Gasteiger charge is -2.07. The predicted molar refractivity (Wildman–Crippen MR) is 67.2 cm³/mol. The molecule has 0 saturated carbocycles. The number of hydrogen-bond donors (Lipinski definition) is 0. The molecule has 0 N–H and O–H groups in total. The topological polar surface area (TPSA) is 9.23 Å². The molecule has 2 rings (SSSR count). The zero-order valence-electron chi connectivity index (χ0n) is 8.79. The van der Waals surface area contributed by atoms with E-state index in [0.29, 0.717) is 22.4 Å². The van der Waals surface area contributed by atoms with Gasteiger partial charge in [0.15, 0.2) is 0 Å². The molecule has 0 atom stereocenters. The van der Waals surface area contributed by atoms with Gasteiger partial charge in [-0.25, -0.2) is 4.39 Å². The van der Waals surface area contributed by atoms with Gasteiger partial charge >= 0.3 is 0 Å². The van der Waals surface area contributed by atoms with Gasteiger partial charge < -0.3 is 4.74 Å². The van der Waals surface area contributed by atoms with Crippen LogP contribution in [0.1, 0.15) is 5.56 Å². The second-order valence-corrected chi connectivity index (χ2v) is 4.31. The molecule has 0 spiro atoms. The van der Waals surface area contributed by atoms with Crippen molar-refractivity contribution in [1.29, 1.82) is 0 Å². The van der Waals surface area contributed by atoms with Crippen molar-refractivity contribution in [3.63, 3.8) is 0 Å². The normalized spacial score (nSPS) is 10.3. The standard InChI is InChI=1S/C13H9Cl2FO/c14-12-5-4-9(6-13(12)15)8-17-11-3-1-2-10(16)7-11/h1-7H,8H2. The molecular weight excluding hydrogens is 262 g/mol. The summed E-state index contributed by atoms with van der Waals surface area (Å²) in [5.41, 5.74) is 0.878. The van der Waals surface area contributed by atoms with Crippen LogP contribution in [0.25, 0.3) is 0 Å². The Kier molecular flexibility index (Phi) is 3.87. The summed E-state index contributed by atoms with van der Waals surface area (Å²) < 4.78 is 18.3. The first-order chi connectivity index (χ1) is 8.15. The van der Waals surface area contributed by atoms with Gasteiger partial charge in [-0.1, -0.05) is 35.3 Å². The molecule has 0 aromatic heterocycles. The smallest absolute Gasteiger partial charge is 0.126 e. The van der Waals surface area contributed by atoms with Crippen molar-refractivity contribution in [2.45, 2.75) is 6.61 Å². The van der Waals surface area contributed by atoms with E-state index in [4.69, 9.17) is 27.9 Å². The number of hydrogen-bond acceptors (Lipinski definition) is 1. The Morgan fingerprint density at radius 1 is 1.00 bits per heavy atom. The Balaban J connectivity index is 2.05. The van der Waals surface area contributed by atoms with E-state index >= 15 is 0 Å². The monoisotopic (exact) mass is 270 g/mol. The van der Waals surface area contributed by atoms with Crippen LogP contribution < -0.4 is 4.74 Å². The van der Waals surface area contributed by atoms with Crippen LogP contribution in [-0.4, -0.2) is 0 Å². The Morgan fingerprint density at radius 3 is 2.53 bits per heavy atom. The highest BCUT2D eigenvalue weighted by molar-refractivity contribution is 6.42. The SMILES string of the molecule is Fc1cccc(OCc2ccc(Cl)c(Cl)c2)c1. The van der Waals surface area contributed by atoms with E-state index in [2.05, 4.69) is 0 Å². The van der Waals surface area contributed by atoms with Crippen molar-refractivity contribution in [2.75, 3.05) is 0 Å². The van der Waals surface area contributed by atoms with E-state index in [0.717, 1.165) is 5.56 Å². The summed E-state index contributed by atoms with van der Waals surface area (Å²) in [4.78, 5) is 0. The highest BCUT2D eigenvalue weighted by atomic mass is 35.5. The molecule has 1 nitrogen and oxygen atoms in total. The molecule has 0 radical (unpaired) electrons. The van der Waals surface area contributed by atoms with Crippen LogP contribution in [0.3, 0.4) is 0 Å². The van der Waals surface area contributed by atoms with Crippen molar-refractivity contribution in [1.82, 2.24) is 0 Å². The van der Waals surface area contributed by atoms with Crippen LogP contribution in [0.5, 0.6) is 5.75 Å². The van der Waals surface area contributed by atoms with E-state index in [1.807, 2.05) is 6.07 Å². The molecule has 2 aromatic carbocycles. The molecule has 0 heterocycles. The average molecular weight is 271 g/mol. The zero-order valence-corrected chi connectivity index (χ0v) is 10.3. The second kappa shape index (κ2) is 5.39. The first-order valence-electron chi connectivity index (χ1n) is 4.97. The van der Waals surface area contributed by atoms with Crippen molar-refractivity contribution in [3.8, 4) is 5.75 Å². The van der Waals surface area contributed by atoms with E-state index < -0.39 is 0 Å². The van der Waals surface area contributed by atoms with Gasteiger partial charge in [0.2, 0.25) is 0 Å². The molecule has 0 aliphatic heterocycles. The van der Waals surface area contributed by atoms with Crippen molar-refractivity contribution < 1.29 is 9.13 Å². The third-order valence-electron chi connectivity index (χ3n) is 2.19. The minimum absolute atomic E-state index is 0.320. The van der Waals surface area contributed by atoms with Crippen molar-refractivity contribution in [3.05, 3.63) is 63.9 Å². The van der Waals surface area contributed by atoms with Crippen LogP contribution in [0.15, 0.2) is 42.5 Å². The molecule has 0 saturated heterocycles. The van der Waals surface area contributed by atoms with E-state index in [1.165, 1.54) is 12.1 Å². The van der Waals surface area contributed by atoms with Crippen LogP contribution in [0.2, 0.25) is 10.0 Å². The molecule has 17 heavy (non-hydrogen) atoms. The van der Waals surface area contributed by atoms with E-state index in [1.54, 1.807) is 24.3 Å². The fourth-order valence-electron chi connectivity index (χ4n) is 1.35. The highest BCUT2D eigenvalue weighted by Gasteiger charge is 2.01. The van der Waals surface area contributed by atoms with Crippen molar-refractivity contribution in [2.24, 2.45) is 0 Å². The van der Waals surface area contributed by atoms with Crippen LogP contribution >= 0.6 is 23.2 Å². The lowest BCUT2D eigenvalue weighted by molar-refractivity contribution is 0.304. The largest absolute Gasteiger partial charge is 0.489 e. The van der Waals surface area contributed by atoms with E-state index in [-0.39, 0.29) is 5.82 Å². The maximum atomic E-state index is 12.9. The fraction of sp³-hybridized carbons (Fsp3) is 0.0769. The number of ether oxygens (including phenoxy) is 1. The molecule has 0 aliphatic rings. The van der Waals surface area contributed by atoms with Gasteiger partial charge in [-0.2, -0.15) is 0 Å². The zero-order chi connectivity index (χ0) is 12.3. The summed E-state index contributed by atoms with van der Waals surface area (Å²) in [5, 5.41) is 0.980. The van der Waals surface area contributed by atoms with Gasteiger partial charge in [-0.3, -0.25) is 0 Å². The quantitative estimate of drug-likeness (QED) is 0.785. The molecule has 0 aliphatic carbocycles. The first kappa shape index (κ1) is 12.2. The minimum atomic E-state index is -0.323. The molecule has 0 unspecified atom stereocenters. The summed E-state index contributed by atoms with van der Waals surface area (Å²) in [7, 11) is 0. The summed E-state index contributed by atoms with van der Waals surface area (Å²) in [6.45, 7) is 0.320. The lowest BCUT2D eigenvalue weighted by atomic mass is 10.2. The van der Waals surface area contributed by atoms with E-state index in [9.17, 15) is 4.39 Å². The van der Waals surface area contributed by atoms with Gasteiger partial charge in [0, 0.05) is 6.07 Å². The number of halogens is 3. The molecule has 0 fully saturated rings. The third kappa shape index (κ3) is 3.35. The van der Waals surface area contributed by atoms with Gasteiger partial charge in [0.1, 0.15) is 18.2 Å². The molecule has 4 heteroatoms. The van der Waals surface area contributed by atoms with Crippen LogP contribution in [-0.2, 0) is 6.61 Å². The highest BCUT2D eigenvalue weighted by Crippen LogP contribution is 2.23. The predicted octanol–water partition coefficient (Wildman–Crippen LogP) is 4.71. The fourth-order valence-corrected chi connectivity index (χ4v) is 1.67. The van der Waals surface area contributed by atoms with Crippen molar-refractivity contribution >= 4 is 23.2 Å². The number of benzene rings is 2. The summed E-state index contributed by atoms with van der Waals surface area (Å²) in [6.07, 6.45) is 0. The second-order valence-electron chi connectivity index (χ2n) is 3.49. The Morgan fingerprint density at radius 2 is 1.82 bits per heavy atom. The number of rotatable bonds is 3. The summed E-state index contributed by atoms with van der Waals surface area (Å²) >= 11 is 11.7. The lowest BCUT2D eigenvalue weighted by Crippen LogP contribution is -1.95. The minimum Gasteiger partial charge on any atom is -0.489 e. The average Bonchev–Trinajstić information content (AvgIpc) is 2.31. The molecule has 2 aromatic rings. The molecule has 88 valence electrons. The first-order valence-corrected chi connectivity index (χ1v) is 5.73. The Bertz CT molecular complexity index is 529. The maximum absolute atomic E-state index is 12.9. The van der Waals surface area contributed by atoms with Gasteiger partial charge in [0.25, 0.3) is 0 Å². The van der Waals surface area contributed by atoms with Gasteiger partial charge in [0.05, 0.1) is 10.0 Å². The third-order valence-corrected chi connectivity index (χ3v) is 2.92. The molecule has 0 amide bonds. The van der Waals surface area contributed by atoms with Crippen LogP contribution in [0.4, 0.5) is 4.39 Å². The van der Waals surface area contributed by atoms with Crippen LogP contribution in [0, 0.1) is 5.82 Å². The maximum Gasteiger partial charge on any atom is 0.126 e. The molecule has 0 bridgehead atoms. The van der Waals surface area contributed by atoms with Gasteiger partial charge in [-0.15, -0.1) is 0 Å². The van der Waals surface area contributed by atoms with Gasteiger partial charge in [-0.05, 0) is 29.8 Å². The Hall–Kier alpha value is -1.25. The molecular formula is C13H9Cl2FO.